The molecule has 34 heavy (non-hydrogen) atoms. The highest BCUT2D eigenvalue weighted by atomic mass is 35.5. The Morgan fingerprint density at radius 2 is 1.82 bits per heavy atom. The van der Waals surface area contributed by atoms with Crippen LogP contribution in [0.2, 0.25) is 5.02 Å². The summed E-state index contributed by atoms with van der Waals surface area (Å²) in [5.74, 6) is 0.00977. The fourth-order valence-electron chi connectivity index (χ4n) is 5.30. The summed E-state index contributed by atoms with van der Waals surface area (Å²) in [4.78, 5) is 32.8. The molecule has 0 saturated carbocycles. The molecule has 1 unspecified atom stereocenters. The van der Waals surface area contributed by atoms with Gasteiger partial charge in [0.15, 0.2) is 0 Å². The zero-order valence-electron chi connectivity index (χ0n) is 19.1. The van der Waals surface area contributed by atoms with Crippen molar-refractivity contribution in [2.45, 2.75) is 31.5 Å². The average Bonchev–Trinajstić information content (AvgIpc) is 3.19. The fraction of sp³-hybridized carbons (Fsp3) is 0.333. The maximum atomic E-state index is 13.8. The van der Waals surface area contributed by atoms with E-state index in [1.54, 1.807) is 17.0 Å². The van der Waals surface area contributed by atoms with Crippen molar-refractivity contribution in [1.82, 2.24) is 20.0 Å². The van der Waals surface area contributed by atoms with E-state index in [0.29, 0.717) is 23.7 Å². The maximum absolute atomic E-state index is 13.8. The van der Waals surface area contributed by atoms with Gasteiger partial charge in [-0.3, -0.25) is 14.6 Å². The van der Waals surface area contributed by atoms with Gasteiger partial charge in [-0.25, -0.2) is 4.79 Å². The lowest BCUT2D eigenvalue weighted by atomic mass is 9.95. The first kappa shape index (κ1) is 22.7. The molecule has 3 aliphatic heterocycles. The lowest BCUT2D eigenvalue weighted by Crippen LogP contribution is -2.47. The number of rotatable bonds is 6. The molecule has 0 bridgehead atoms. The van der Waals surface area contributed by atoms with Crippen molar-refractivity contribution in [1.29, 1.82) is 0 Å². The van der Waals surface area contributed by atoms with E-state index < -0.39 is 6.04 Å². The van der Waals surface area contributed by atoms with Crippen LogP contribution in [0.3, 0.4) is 0 Å². The minimum absolute atomic E-state index is 0.00977. The monoisotopic (exact) mass is 476 g/mol. The molecule has 7 heteroatoms. The number of hydrogen-bond donors (Lipinski definition) is 1. The molecule has 1 N–H and O–H groups in total. The van der Waals surface area contributed by atoms with Gasteiger partial charge in [0.05, 0.1) is 23.9 Å². The molecule has 3 amide bonds. The van der Waals surface area contributed by atoms with Gasteiger partial charge in [0.1, 0.15) is 0 Å². The van der Waals surface area contributed by atoms with Crippen LogP contribution in [0, 0.1) is 0 Å². The van der Waals surface area contributed by atoms with Crippen LogP contribution in [-0.2, 0) is 11.3 Å². The molecule has 3 aliphatic rings. The summed E-state index contributed by atoms with van der Waals surface area (Å²) in [5, 5.41) is 3.60. The number of benzene rings is 2. The van der Waals surface area contributed by atoms with E-state index in [-0.39, 0.29) is 18.0 Å². The number of amides is 3. The van der Waals surface area contributed by atoms with Crippen LogP contribution in [0.5, 0.6) is 0 Å². The third-order valence-corrected chi connectivity index (χ3v) is 7.23. The van der Waals surface area contributed by atoms with Gasteiger partial charge in [-0.2, -0.15) is 0 Å². The van der Waals surface area contributed by atoms with E-state index in [0.717, 1.165) is 43.7 Å². The number of piperidine rings is 1. The molecule has 3 heterocycles. The molecule has 2 aromatic carbocycles. The van der Waals surface area contributed by atoms with Gasteiger partial charge in [-0.15, -0.1) is 6.58 Å². The molecule has 0 aliphatic carbocycles. The minimum atomic E-state index is -0.502. The second-order valence-electron chi connectivity index (χ2n) is 9.12. The predicted octanol–water partition coefficient (Wildman–Crippen LogP) is 4.35. The summed E-state index contributed by atoms with van der Waals surface area (Å²) in [7, 11) is 0. The number of halogens is 1. The molecule has 0 aromatic heterocycles. The largest absolute Gasteiger partial charge is 0.330 e. The van der Waals surface area contributed by atoms with Gasteiger partial charge < -0.3 is 10.2 Å². The Bertz CT molecular complexity index is 1120. The van der Waals surface area contributed by atoms with Crippen molar-refractivity contribution in [3.8, 4) is 0 Å². The summed E-state index contributed by atoms with van der Waals surface area (Å²) in [6.45, 7) is 7.43. The summed E-state index contributed by atoms with van der Waals surface area (Å²) in [5.41, 5.74) is 3.56. The Balaban J connectivity index is 1.35. The van der Waals surface area contributed by atoms with Crippen molar-refractivity contribution >= 4 is 23.5 Å². The fourth-order valence-corrected chi connectivity index (χ4v) is 5.50. The summed E-state index contributed by atoms with van der Waals surface area (Å²) in [6, 6.07) is 17.3. The van der Waals surface area contributed by atoms with E-state index in [1.165, 1.54) is 5.56 Å². The highest BCUT2D eigenvalue weighted by molar-refractivity contribution is 6.30. The highest BCUT2D eigenvalue weighted by Gasteiger charge is 2.45. The van der Waals surface area contributed by atoms with E-state index in [2.05, 4.69) is 41.1 Å². The molecule has 1 atom stereocenters. The first-order valence-corrected chi connectivity index (χ1v) is 12.2. The topological polar surface area (TPSA) is 55.9 Å². The Hall–Kier alpha value is -3.09. The molecule has 2 aromatic rings. The van der Waals surface area contributed by atoms with Gasteiger partial charge in [-0.1, -0.05) is 60.1 Å². The lowest BCUT2D eigenvalue weighted by Gasteiger charge is -2.37. The SMILES string of the molecule is C=CCN1C(=O)NC(c2cccc(Cl)c2)C2=C1CN(C1CCN(Cc3ccccc3)CC1)C2=O. The summed E-state index contributed by atoms with van der Waals surface area (Å²) in [6.07, 6.45) is 3.53. The molecular weight excluding hydrogens is 448 g/mol. The number of nitrogens with zero attached hydrogens (tertiary/aromatic N) is 3. The van der Waals surface area contributed by atoms with Crippen LogP contribution in [-0.4, -0.2) is 58.9 Å². The molecule has 176 valence electrons. The van der Waals surface area contributed by atoms with Gasteiger partial charge in [0, 0.05) is 37.2 Å². The molecule has 5 rings (SSSR count). The second-order valence-corrected chi connectivity index (χ2v) is 9.56. The van der Waals surface area contributed by atoms with Gasteiger partial charge in [-0.05, 0) is 36.1 Å². The van der Waals surface area contributed by atoms with Crippen molar-refractivity contribution in [3.05, 3.63) is 94.7 Å². The molecule has 1 fully saturated rings. The van der Waals surface area contributed by atoms with Crippen LogP contribution in [0.15, 0.2) is 78.5 Å². The normalized spacial score (nSPS) is 21.6. The van der Waals surface area contributed by atoms with Crippen molar-refractivity contribution in [2.24, 2.45) is 0 Å². The van der Waals surface area contributed by atoms with Crippen LogP contribution < -0.4 is 5.32 Å². The van der Waals surface area contributed by atoms with E-state index in [9.17, 15) is 9.59 Å². The number of urea groups is 1. The van der Waals surface area contributed by atoms with Crippen molar-refractivity contribution in [2.75, 3.05) is 26.2 Å². The standard InChI is InChI=1S/C27H29ClN4O2/c1-2-13-31-23-18-32(22-11-14-30(15-12-22)17-19-7-4-3-5-8-19)26(33)24(23)25(29-27(31)34)20-9-6-10-21(28)16-20/h2-10,16,22,25H,1,11-15,17-18H2,(H,29,34). The summed E-state index contributed by atoms with van der Waals surface area (Å²) >= 11 is 6.23. The number of nitrogens with one attached hydrogen (secondary N) is 1. The zero-order chi connectivity index (χ0) is 23.7. The Labute approximate surface area is 205 Å². The van der Waals surface area contributed by atoms with Crippen LogP contribution in [0.1, 0.15) is 30.0 Å². The van der Waals surface area contributed by atoms with Crippen LogP contribution >= 0.6 is 11.6 Å². The van der Waals surface area contributed by atoms with Crippen molar-refractivity contribution < 1.29 is 9.59 Å². The number of carbonyl (C=O) groups excluding carboxylic acids is 2. The molecular formula is C27H29ClN4O2. The third kappa shape index (κ3) is 4.36. The third-order valence-electron chi connectivity index (χ3n) is 6.99. The zero-order valence-corrected chi connectivity index (χ0v) is 19.9. The minimum Gasteiger partial charge on any atom is -0.330 e. The van der Waals surface area contributed by atoms with Gasteiger partial charge in [0.2, 0.25) is 0 Å². The predicted molar refractivity (Wildman–Crippen MR) is 133 cm³/mol. The van der Waals surface area contributed by atoms with E-state index >= 15 is 0 Å². The first-order valence-electron chi connectivity index (χ1n) is 11.8. The number of hydrogen-bond acceptors (Lipinski definition) is 3. The molecule has 0 radical (unpaired) electrons. The lowest BCUT2D eigenvalue weighted by molar-refractivity contribution is -0.128. The van der Waals surface area contributed by atoms with Crippen molar-refractivity contribution in [3.63, 3.8) is 0 Å². The number of carbonyl (C=O) groups is 2. The Morgan fingerprint density at radius 3 is 2.53 bits per heavy atom. The smallest absolute Gasteiger partial charge is 0.322 e. The second kappa shape index (κ2) is 9.65. The average molecular weight is 477 g/mol. The Morgan fingerprint density at radius 1 is 1.06 bits per heavy atom. The van der Waals surface area contributed by atoms with Crippen LogP contribution in [0.4, 0.5) is 4.79 Å². The molecule has 1 saturated heterocycles. The quantitative estimate of drug-likeness (QED) is 0.630. The molecule has 6 nitrogen and oxygen atoms in total. The molecule has 0 spiro atoms. The highest BCUT2D eigenvalue weighted by Crippen LogP contribution is 2.38. The van der Waals surface area contributed by atoms with E-state index in [4.69, 9.17) is 11.6 Å². The Kier molecular flexibility index (Phi) is 6.44. The maximum Gasteiger partial charge on any atom is 0.322 e. The summed E-state index contributed by atoms with van der Waals surface area (Å²) < 4.78 is 0. The first-order chi connectivity index (χ1) is 16.5. The van der Waals surface area contributed by atoms with Gasteiger partial charge in [0.25, 0.3) is 5.91 Å². The van der Waals surface area contributed by atoms with E-state index in [1.807, 2.05) is 29.2 Å². The van der Waals surface area contributed by atoms with Crippen LogP contribution in [0.25, 0.3) is 0 Å². The number of likely N-dealkylation sites (tertiary alicyclic amines) is 1. The van der Waals surface area contributed by atoms with Gasteiger partial charge >= 0.3 is 6.03 Å².